The zero-order valence-electron chi connectivity index (χ0n) is 9.93. The summed E-state index contributed by atoms with van der Waals surface area (Å²) in [4.78, 5) is 0. The molecule has 0 saturated carbocycles. The van der Waals surface area contributed by atoms with Crippen molar-refractivity contribution in [2.45, 2.75) is 25.7 Å². The molecule has 1 aromatic carbocycles. The molecule has 0 fully saturated rings. The van der Waals surface area contributed by atoms with E-state index in [1.54, 1.807) is 12.1 Å². The van der Waals surface area contributed by atoms with Gasteiger partial charge in [-0.3, -0.25) is 0 Å². The summed E-state index contributed by atoms with van der Waals surface area (Å²) in [5.74, 6) is 0.236. The van der Waals surface area contributed by atoms with Gasteiger partial charge >= 0.3 is 0 Å². The molecule has 1 aromatic heterocycles. The molecule has 0 unspecified atom stereocenters. The van der Waals surface area contributed by atoms with Gasteiger partial charge in [-0.25, -0.2) is 4.68 Å². The summed E-state index contributed by atoms with van der Waals surface area (Å²) in [6, 6.07) is 9.09. The normalized spacial score (nSPS) is 13.9. The van der Waals surface area contributed by atoms with Gasteiger partial charge in [-0.15, -0.1) is 0 Å². The largest absolute Gasteiger partial charge is 0.508 e. The standard InChI is InChI=1S/C14H13N3O/c15-9-13-12-3-1-2-4-14(12)17(16-13)10-5-7-11(18)8-6-10/h5-8,18H,1-4H2. The Kier molecular flexibility index (Phi) is 2.52. The van der Waals surface area contributed by atoms with E-state index in [9.17, 15) is 5.11 Å². The van der Waals surface area contributed by atoms with Gasteiger partial charge in [0.1, 0.15) is 11.8 Å². The summed E-state index contributed by atoms with van der Waals surface area (Å²) in [6.45, 7) is 0. The molecule has 0 atom stereocenters. The second-order valence-corrected chi connectivity index (χ2v) is 4.52. The maximum absolute atomic E-state index is 9.31. The number of benzene rings is 1. The Bertz CT molecular complexity index is 620. The fraction of sp³-hybridized carbons (Fsp3) is 0.286. The van der Waals surface area contributed by atoms with Crippen molar-refractivity contribution in [3.63, 3.8) is 0 Å². The van der Waals surface area contributed by atoms with Crippen LogP contribution in [0.5, 0.6) is 5.75 Å². The van der Waals surface area contributed by atoms with E-state index >= 15 is 0 Å². The molecule has 3 rings (SSSR count). The molecule has 2 aromatic rings. The molecule has 90 valence electrons. The number of phenolic OH excluding ortho intramolecular Hbond substituents is 1. The van der Waals surface area contributed by atoms with E-state index in [-0.39, 0.29) is 5.75 Å². The van der Waals surface area contributed by atoms with Crippen LogP contribution in [0.3, 0.4) is 0 Å². The average molecular weight is 239 g/mol. The van der Waals surface area contributed by atoms with E-state index < -0.39 is 0 Å². The highest BCUT2D eigenvalue weighted by atomic mass is 16.3. The van der Waals surface area contributed by atoms with Crippen LogP contribution in [0.1, 0.15) is 29.8 Å². The predicted octanol–water partition coefficient (Wildman–Crippen LogP) is 2.33. The van der Waals surface area contributed by atoms with Gasteiger partial charge in [0.25, 0.3) is 0 Å². The fourth-order valence-electron chi connectivity index (χ4n) is 2.50. The zero-order valence-corrected chi connectivity index (χ0v) is 9.93. The first kappa shape index (κ1) is 10.8. The highest BCUT2D eigenvalue weighted by Crippen LogP contribution is 2.27. The first-order valence-electron chi connectivity index (χ1n) is 6.10. The lowest BCUT2D eigenvalue weighted by atomic mass is 9.96. The molecule has 18 heavy (non-hydrogen) atoms. The maximum Gasteiger partial charge on any atom is 0.166 e. The monoisotopic (exact) mass is 239 g/mol. The summed E-state index contributed by atoms with van der Waals surface area (Å²) >= 11 is 0. The Morgan fingerprint density at radius 3 is 2.61 bits per heavy atom. The number of rotatable bonds is 1. The van der Waals surface area contributed by atoms with E-state index in [1.165, 1.54) is 0 Å². The quantitative estimate of drug-likeness (QED) is 0.830. The third-order valence-corrected chi connectivity index (χ3v) is 3.38. The predicted molar refractivity (Wildman–Crippen MR) is 66.6 cm³/mol. The summed E-state index contributed by atoms with van der Waals surface area (Å²) in [5, 5.41) is 22.8. The van der Waals surface area contributed by atoms with Gasteiger partial charge in [0.05, 0.1) is 5.69 Å². The maximum atomic E-state index is 9.31. The van der Waals surface area contributed by atoms with Crippen LogP contribution in [0.25, 0.3) is 5.69 Å². The number of nitrogens with zero attached hydrogens (tertiary/aromatic N) is 3. The Morgan fingerprint density at radius 1 is 1.17 bits per heavy atom. The number of hydrogen-bond acceptors (Lipinski definition) is 3. The van der Waals surface area contributed by atoms with Crippen molar-refractivity contribution in [2.24, 2.45) is 0 Å². The summed E-state index contributed by atoms with van der Waals surface area (Å²) in [5.41, 5.74) is 3.67. The van der Waals surface area contributed by atoms with E-state index in [0.717, 1.165) is 42.6 Å². The molecule has 4 heteroatoms. The lowest BCUT2D eigenvalue weighted by Gasteiger charge is -2.13. The minimum atomic E-state index is 0.236. The van der Waals surface area contributed by atoms with Crippen LogP contribution in [-0.4, -0.2) is 14.9 Å². The SMILES string of the molecule is N#Cc1nn(-c2ccc(O)cc2)c2c1CCCC2. The molecule has 4 nitrogen and oxygen atoms in total. The summed E-state index contributed by atoms with van der Waals surface area (Å²) in [6.07, 6.45) is 4.17. The molecule has 1 aliphatic carbocycles. The number of hydrogen-bond donors (Lipinski definition) is 1. The van der Waals surface area contributed by atoms with Crippen LogP contribution < -0.4 is 0 Å². The van der Waals surface area contributed by atoms with Crippen LogP contribution in [0.4, 0.5) is 0 Å². The first-order chi connectivity index (χ1) is 8.79. The molecule has 0 radical (unpaired) electrons. The van der Waals surface area contributed by atoms with Gasteiger partial charge in [-0.1, -0.05) is 0 Å². The van der Waals surface area contributed by atoms with E-state index in [4.69, 9.17) is 5.26 Å². The highest BCUT2D eigenvalue weighted by molar-refractivity contribution is 5.44. The molecule has 1 aliphatic rings. The third kappa shape index (κ3) is 1.65. The van der Waals surface area contributed by atoms with E-state index in [2.05, 4.69) is 11.2 Å². The minimum absolute atomic E-state index is 0.236. The lowest BCUT2D eigenvalue weighted by molar-refractivity contribution is 0.475. The van der Waals surface area contributed by atoms with Gasteiger partial charge < -0.3 is 5.11 Å². The van der Waals surface area contributed by atoms with Crippen LogP contribution in [0.2, 0.25) is 0 Å². The van der Waals surface area contributed by atoms with Crippen molar-refractivity contribution in [3.8, 4) is 17.5 Å². The smallest absolute Gasteiger partial charge is 0.166 e. The van der Waals surface area contributed by atoms with Crippen molar-refractivity contribution >= 4 is 0 Å². The molecule has 1 N–H and O–H groups in total. The molecular formula is C14H13N3O. The van der Waals surface area contributed by atoms with Crippen molar-refractivity contribution < 1.29 is 5.11 Å². The average Bonchev–Trinajstić information content (AvgIpc) is 2.79. The molecule has 0 amide bonds. The lowest BCUT2D eigenvalue weighted by Crippen LogP contribution is -2.07. The molecule has 0 spiro atoms. The minimum Gasteiger partial charge on any atom is -0.508 e. The Hall–Kier alpha value is -2.28. The van der Waals surface area contributed by atoms with E-state index in [1.807, 2.05) is 16.8 Å². The second-order valence-electron chi connectivity index (χ2n) is 4.52. The van der Waals surface area contributed by atoms with Gasteiger partial charge in [-0.05, 0) is 49.9 Å². The Labute approximate surface area is 105 Å². The van der Waals surface area contributed by atoms with E-state index in [0.29, 0.717) is 5.69 Å². The van der Waals surface area contributed by atoms with Crippen molar-refractivity contribution in [2.75, 3.05) is 0 Å². The van der Waals surface area contributed by atoms with Crippen molar-refractivity contribution in [3.05, 3.63) is 41.2 Å². The summed E-state index contributed by atoms with van der Waals surface area (Å²) < 4.78 is 1.84. The molecule has 0 saturated heterocycles. The van der Waals surface area contributed by atoms with Crippen LogP contribution in [0, 0.1) is 11.3 Å². The number of fused-ring (bicyclic) bond motifs is 1. The second kappa shape index (κ2) is 4.19. The molecule has 1 heterocycles. The fourth-order valence-corrected chi connectivity index (χ4v) is 2.50. The van der Waals surface area contributed by atoms with Gasteiger partial charge in [0, 0.05) is 11.3 Å². The van der Waals surface area contributed by atoms with Crippen LogP contribution in [-0.2, 0) is 12.8 Å². The zero-order chi connectivity index (χ0) is 12.5. The van der Waals surface area contributed by atoms with Crippen LogP contribution >= 0.6 is 0 Å². The summed E-state index contributed by atoms with van der Waals surface area (Å²) in [7, 11) is 0. The number of aromatic nitrogens is 2. The van der Waals surface area contributed by atoms with Crippen LogP contribution in [0.15, 0.2) is 24.3 Å². The Balaban J connectivity index is 2.15. The molecule has 0 aliphatic heterocycles. The van der Waals surface area contributed by atoms with Gasteiger partial charge in [0.2, 0.25) is 0 Å². The highest BCUT2D eigenvalue weighted by Gasteiger charge is 2.21. The first-order valence-corrected chi connectivity index (χ1v) is 6.10. The Morgan fingerprint density at radius 2 is 1.89 bits per heavy atom. The van der Waals surface area contributed by atoms with Gasteiger partial charge in [-0.2, -0.15) is 10.4 Å². The molecule has 0 bridgehead atoms. The van der Waals surface area contributed by atoms with Crippen molar-refractivity contribution in [1.82, 2.24) is 9.78 Å². The third-order valence-electron chi connectivity index (χ3n) is 3.38. The topological polar surface area (TPSA) is 61.8 Å². The number of nitriles is 1. The number of aromatic hydroxyl groups is 1. The number of phenols is 1. The van der Waals surface area contributed by atoms with Gasteiger partial charge in [0.15, 0.2) is 5.69 Å². The van der Waals surface area contributed by atoms with Crippen molar-refractivity contribution in [1.29, 1.82) is 5.26 Å². The molecular weight excluding hydrogens is 226 g/mol.